The van der Waals surface area contributed by atoms with Crippen molar-refractivity contribution in [3.8, 4) is 5.75 Å². The fraction of sp³-hybridized carbons (Fsp3) is 0.300. The molecule has 0 saturated heterocycles. The maximum Gasteiger partial charge on any atom is 0.242 e. The molecule has 0 spiro atoms. The summed E-state index contributed by atoms with van der Waals surface area (Å²) in [6.07, 6.45) is 0.984. The highest BCUT2D eigenvalue weighted by atomic mass is 32.2. The van der Waals surface area contributed by atoms with Gasteiger partial charge in [-0.15, -0.1) is 0 Å². The van der Waals surface area contributed by atoms with Crippen LogP contribution in [0, 0.1) is 0 Å². The Morgan fingerprint density at radius 1 is 1.47 bits per heavy atom. The van der Waals surface area contributed by atoms with Gasteiger partial charge in [-0.25, -0.2) is 8.42 Å². The topological polar surface area (TPSA) is 109 Å². The van der Waals surface area contributed by atoms with E-state index in [9.17, 15) is 13.2 Å². The second kappa shape index (κ2) is 4.62. The number of hydrogen-bond donors (Lipinski definition) is 3. The summed E-state index contributed by atoms with van der Waals surface area (Å²) in [6.45, 7) is 1.29. The first-order chi connectivity index (χ1) is 7.71. The molecule has 0 aliphatic rings. The van der Waals surface area contributed by atoms with E-state index in [4.69, 9.17) is 10.8 Å². The Morgan fingerprint density at radius 3 is 2.53 bits per heavy atom. The lowest BCUT2D eigenvalue weighted by Crippen LogP contribution is -2.32. The van der Waals surface area contributed by atoms with E-state index in [1.165, 1.54) is 25.1 Å². The predicted octanol–water partition coefficient (Wildman–Crippen LogP) is 0.346. The van der Waals surface area contributed by atoms with Crippen LogP contribution >= 0.6 is 0 Å². The van der Waals surface area contributed by atoms with Crippen LogP contribution < -0.4 is 11.1 Å². The number of anilines is 2. The van der Waals surface area contributed by atoms with Crippen LogP contribution in [0.5, 0.6) is 5.75 Å². The van der Waals surface area contributed by atoms with Crippen LogP contribution in [0.1, 0.15) is 6.92 Å². The Balaban J connectivity index is 2.89. The van der Waals surface area contributed by atoms with Crippen LogP contribution in [0.3, 0.4) is 0 Å². The lowest BCUT2D eigenvalue weighted by atomic mass is 10.2. The Hall–Kier alpha value is -1.76. The van der Waals surface area contributed by atoms with Crippen molar-refractivity contribution >= 4 is 27.1 Å². The zero-order valence-electron chi connectivity index (χ0n) is 9.47. The zero-order valence-corrected chi connectivity index (χ0v) is 10.3. The molecule has 0 radical (unpaired) electrons. The van der Waals surface area contributed by atoms with Crippen molar-refractivity contribution < 1.29 is 18.3 Å². The molecular formula is C10H14N2O4S. The lowest BCUT2D eigenvalue weighted by molar-refractivity contribution is -0.115. The van der Waals surface area contributed by atoms with Gasteiger partial charge in [0.1, 0.15) is 11.0 Å². The highest BCUT2D eigenvalue weighted by molar-refractivity contribution is 7.92. The first-order valence-electron chi connectivity index (χ1n) is 4.80. The molecule has 1 atom stereocenters. The van der Waals surface area contributed by atoms with Crippen LogP contribution in [0.15, 0.2) is 18.2 Å². The molecule has 1 amide bonds. The van der Waals surface area contributed by atoms with Gasteiger partial charge < -0.3 is 16.2 Å². The van der Waals surface area contributed by atoms with Crippen molar-refractivity contribution in [3.05, 3.63) is 18.2 Å². The van der Waals surface area contributed by atoms with Crippen LogP contribution in [0.25, 0.3) is 0 Å². The highest BCUT2D eigenvalue weighted by Crippen LogP contribution is 2.23. The normalized spacial score (nSPS) is 13.1. The molecule has 17 heavy (non-hydrogen) atoms. The monoisotopic (exact) mass is 258 g/mol. The lowest BCUT2D eigenvalue weighted by Gasteiger charge is -2.12. The summed E-state index contributed by atoms with van der Waals surface area (Å²) in [6, 6.07) is 4.01. The number of aromatic hydroxyl groups is 1. The molecule has 0 bridgehead atoms. The van der Waals surface area contributed by atoms with Gasteiger partial charge in [0, 0.05) is 12.3 Å². The number of amides is 1. The summed E-state index contributed by atoms with van der Waals surface area (Å²) in [7, 11) is -3.45. The van der Waals surface area contributed by atoms with Crippen molar-refractivity contribution in [1.82, 2.24) is 0 Å². The average Bonchev–Trinajstić information content (AvgIpc) is 2.19. The number of phenolic OH excluding ortho intramolecular Hbond substituents is 1. The number of carbonyl (C=O) groups excluding carboxylic acids is 1. The Morgan fingerprint density at radius 2 is 2.06 bits per heavy atom. The third-order valence-corrected chi connectivity index (χ3v) is 3.80. The molecule has 0 aromatic heterocycles. The van der Waals surface area contributed by atoms with Crippen molar-refractivity contribution in [3.63, 3.8) is 0 Å². The van der Waals surface area contributed by atoms with Crippen molar-refractivity contribution in [2.75, 3.05) is 17.3 Å². The number of phenols is 1. The Labute approximate surface area is 99.4 Å². The minimum absolute atomic E-state index is 0.0309. The van der Waals surface area contributed by atoms with Gasteiger partial charge >= 0.3 is 0 Å². The molecule has 4 N–H and O–H groups in total. The summed E-state index contributed by atoms with van der Waals surface area (Å²) in [5.41, 5.74) is 5.99. The van der Waals surface area contributed by atoms with Crippen LogP contribution in [-0.2, 0) is 14.6 Å². The summed E-state index contributed by atoms with van der Waals surface area (Å²) in [4.78, 5) is 11.6. The molecule has 0 heterocycles. The van der Waals surface area contributed by atoms with E-state index in [1.54, 1.807) is 0 Å². The summed E-state index contributed by atoms with van der Waals surface area (Å²) in [5, 5.41) is 10.4. The summed E-state index contributed by atoms with van der Waals surface area (Å²) in [5.74, 6) is -0.693. The smallest absolute Gasteiger partial charge is 0.242 e. The highest BCUT2D eigenvalue weighted by Gasteiger charge is 2.23. The van der Waals surface area contributed by atoms with E-state index >= 15 is 0 Å². The van der Waals surface area contributed by atoms with Crippen molar-refractivity contribution in [2.24, 2.45) is 0 Å². The number of benzene rings is 1. The molecular weight excluding hydrogens is 244 g/mol. The van der Waals surface area contributed by atoms with Gasteiger partial charge in [-0.3, -0.25) is 4.79 Å². The summed E-state index contributed by atoms with van der Waals surface area (Å²) < 4.78 is 22.3. The Bertz CT molecular complexity index is 539. The molecule has 0 fully saturated rings. The second-order valence-electron chi connectivity index (χ2n) is 3.73. The maximum atomic E-state index is 11.6. The van der Waals surface area contributed by atoms with Gasteiger partial charge in [-0.2, -0.15) is 0 Å². The molecule has 1 aromatic rings. The van der Waals surface area contributed by atoms with Crippen LogP contribution in [0.2, 0.25) is 0 Å². The third-order valence-electron chi connectivity index (χ3n) is 2.30. The van der Waals surface area contributed by atoms with E-state index < -0.39 is 21.0 Å². The predicted molar refractivity (Wildman–Crippen MR) is 65.5 cm³/mol. The largest absolute Gasteiger partial charge is 0.508 e. The number of sulfone groups is 1. The Kier molecular flexibility index (Phi) is 3.62. The quantitative estimate of drug-likeness (QED) is 0.535. The minimum atomic E-state index is -3.45. The van der Waals surface area contributed by atoms with Gasteiger partial charge in [0.15, 0.2) is 9.84 Å². The van der Waals surface area contributed by atoms with E-state index in [0.29, 0.717) is 0 Å². The van der Waals surface area contributed by atoms with Crippen molar-refractivity contribution in [1.29, 1.82) is 0 Å². The van der Waals surface area contributed by atoms with Crippen molar-refractivity contribution in [2.45, 2.75) is 12.2 Å². The summed E-state index contributed by atoms with van der Waals surface area (Å²) >= 11 is 0. The SMILES string of the molecule is CC(C(=O)Nc1ccc(O)cc1N)S(C)(=O)=O. The second-order valence-corrected chi connectivity index (χ2v) is 6.10. The molecule has 6 nitrogen and oxygen atoms in total. The molecule has 0 aliphatic heterocycles. The third kappa shape index (κ3) is 3.35. The molecule has 0 saturated carbocycles. The van der Waals surface area contributed by atoms with E-state index in [0.717, 1.165) is 6.26 Å². The molecule has 1 unspecified atom stereocenters. The van der Waals surface area contributed by atoms with Gasteiger partial charge in [0.25, 0.3) is 0 Å². The number of rotatable bonds is 3. The standard InChI is InChI=1S/C10H14N2O4S/c1-6(17(2,15)16)10(14)12-9-4-3-7(13)5-8(9)11/h3-6,13H,11H2,1-2H3,(H,12,14). The van der Waals surface area contributed by atoms with Gasteiger partial charge in [0.2, 0.25) is 5.91 Å². The number of carbonyl (C=O) groups is 1. The minimum Gasteiger partial charge on any atom is -0.508 e. The first kappa shape index (κ1) is 13.3. The zero-order chi connectivity index (χ0) is 13.2. The number of nitrogens with one attached hydrogen (secondary N) is 1. The average molecular weight is 258 g/mol. The van der Waals surface area contributed by atoms with Gasteiger partial charge in [-0.05, 0) is 19.1 Å². The fourth-order valence-electron chi connectivity index (χ4n) is 1.09. The fourth-order valence-corrected chi connectivity index (χ4v) is 1.54. The van der Waals surface area contributed by atoms with Gasteiger partial charge in [-0.1, -0.05) is 0 Å². The van der Waals surface area contributed by atoms with E-state index in [1.807, 2.05) is 0 Å². The molecule has 0 aliphatic carbocycles. The number of hydrogen-bond acceptors (Lipinski definition) is 5. The van der Waals surface area contributed by atoms with Crippen LogP contribution in [0.4, 0.5) is 11.4 Å². The number of nitrogens with two attached hydrogens (primary N) is 1. The van der Waals surface area contributed by atoms with E-state index in [2.05, 4.69) is 5.32 Å². The molecule has 94 valence electrons. The number of nitrogen functional groups attached to an aromatic ring is 1. The maximum absolute atomic E-state index is 11.6. The van der Waals surface area contributed by atoms with E-state index in [-0.39, 0.29) is 17.1 Å². The first-order valence-corrected chi connectivity index (χ1v) is 6.75. The molecule has 1 rings (SSSR count). The van der Waals surface area contributed by atoms with Gasteiger partial charge in [0.05, 0.1) is 11.4 Å². The van der Waals surface area contributed by atoms with Crippen LogP contribution in [-0.4, -0.2) is 30.9 Å². The molecule has 1 aromatic carbocycles. The molecule has 7 heteroatoms.